The molecule has 0 aliphatic heterocycles. The maximum Gasteiger partial charge on any atom is 0.244 e. The van der Waals surface area contributed by atoms with E-state index >= 15 is 0 Å². The normalized spacial score (nSPS) is 11.3. The quantitative estimate of drug-likeness (QED) is 0.223. The number of benzene rings is 3. The summed E-state index contributed by atoms with van der Waals surface area (Å²) in [6, 6.07) is 17.9. The summed E-state index contributed by atoms with van der Waals surface area (Å²) >= 11 is 28.3. The van der Waals surface area contributed by atoms with Crippen molar-refractivity contribution in [1.29, 1.82) is 0 Å². The van der Waals surface area contributed by atoms with Crippen LogP contribution in [0.5, 0.6) is 5.75 Å². The standard InChI is InChI=1S/C27H22BrCl4N2O3.ClH.H2O/c28-19-2-6-23(7-3-19)36-16-22(35)13-33-9-10-34(17-33)14-27(24-8-5-21(30)12-26(24)32)37-15-18-1-4-20(29)11-25(18)31;;/h1-12,17,27H,13-16H2;1H;1H2/q+1;;/p-1. The molecule has 1 unspecified atom stereocenters. The van der Waals surface area contributed by atoms with Crippen molar-refractivity contribution in [2.75, 3.05) is 6.61 Å². The summed E-state index contributed by atoms with van der Waals surface area (Å²) in [5, 5.41) is 2.12. The summed E-state index contributed by atoms with van der Waals surface area (Å²) in [4.78, 5) is 12.5. The highest BCUT2D eigenvalue weighted by Gasteiger charge is 2.21. The molecule has 0 bridgehead atoms. The maximum atomic E-state index is 12.5. The van der Waals surface area contributed by atoms with Gasteiger partial charge >= 0.3 is 0 Å². The van der Waals surface area contributed by atoms with Gasteiger partial charge in [-0.1, -0.05) is 74.5 Å². The maximum absolute atomic E-state index is 12.5. The lowest BCUT2D eigenvalue weighted by Gasteiger charge is -2.19. The lowest BCUT2D eigenvalue weighted by atomic mass is 10.1. The number of aromatic nitrogens is 2. The van der Waals surface area contributed by atoms with E-state index in [-0.39, 0.29) is 43.4 Å². The van der Waals surface area contributed by atoms with Crippen LogP contribution in [0.25, 0.3) is 0 Å². The molecule has 0 saturated heterocycles. The van der Waals surface area contributed by atoms with Crippen LogP contribution in [0.3, 0.4) is 0 Å². The number of imidazole rings is 1. The predicted molar refractivity (Wildman–Crippen MR) is 153 cm³/mol. The molecule has 0 radical (unpaired) electrons. The minimum Gasteiger partial charge on any atom is -1.00 e. The lowest BCUT2D eigenvalue weighted by molar-refractivity contribution is -0.683. The number of rotatable bonds is 11. The average Bonchev–Trinajstić information content (AvgIpc) is 3.29. The van der Waals surface area contributed by atoms with E-state index in [4.69, 9.17) is 55.9 Å². The summed E-state index contributed by atoms with van der Waals surface area (Å²) in [5.74, 6) is 0.580. The first-order valence-corrected chi connectivity index (χ1v) is 13.5. The van der Waals surface area contributed by atoms with Gasteiger partial charge in [0, 0.05) is 30.1 Å². The molecular weight excluding hydrogens is 673 g/mol. The molecule has 1 aromatic heterocycles. The van der Waals surface area contributed by atoms with Crippen LogP contribution in [-0.2, 0) is 29.2 Å². The van der Waals surface area contributed by atoms with Gasteiger partial charge in [-0.2, -0.15) is 0 Å². The lowest BCUT2D eigenvalue weighted by Crippen LogP contribution is -3.00. The SMILES string of the molecule is O.O=C(COc1ccc(Br)cc1)C[n+]1ccn(CC(OCc2ccc(Cl)cc2Cl)c2ccc(Cl)cc2Cl)c1.[Cl-]. The smallest absolute Gasteiger partial charge is 0.244 e. The van der Waals surface area contributed by atoms with Gasteiger partial charge < -0.3 is 27.4 Å². The van der Waals surface area contributed by atoms with Crippen LogP contribution in [0.15, 0.2) is 83.9 Å². The fraction of sp³-hybridized carbons (Fsp3) is 0.185. The van der Waals surface area contributed by atoms with Gasteiger partial charge in [0.2, 0.25) is 12.1 Å². The third-order valence-electron chi connectivity index (χ3n) is 5.46. The molecule has 0 aliphatic carbocycles. The van der Waals surface area contributed by atoms with Crippen molar-refractivity contribution in [2.24, 2.45) is 0 Å². The highest BCUT2D eigenvalue weighted by Crippen LogP contribution is 2.31. The number of carbonyl (C=O) groups is 1. The second-order valence-corrected chi connectivity index (χ2v) is 10.9. The van der Waals surface area contributed by atoms with E-state index in [9.17, 15) is 4.79 Å². The van der Waals surface area contributed by atoms with E-state index in [0.29, 0.717) is 32.4 Å². The molecule has 1 heterocycles. The van der Waals surface area contributed by atoms with Crippen molar-refractivity contribution in [3.8, 4) is 5.75 Å². The van der Waals surface area contributed by atoms with Gasteiger partial charge in [-0.25, -0.2) is 9.13 Å². The summed E-state index contributed by atoms with van der Waals surface area (Å²) < 4.78 is 16.5. The largest absolute Gasteiger partial charge is 1.00 e. The zero-order valence-electron chi connectivity index (χ0n) is 20.3. The number of halogens is 6. The minimum absolute atomic E-state index is 0. The molecule has 208 valence electrons. The van der Waals surface area contributed by atoms with Gasteiger partial charge in [0.05, 0.1) is 6.61 Å². The van der Waals surface area contributed by atoms with E-state index in [1.54, 1.807) is 41.0 Å². The Morgan fingerprint density at radius 3 is 2.28 bits per heavy atom. The number of nitrogens with zero attached hydrogens (tertiary/aromatic N) is 2. The zero-order chi connectivity index (χ0) is 26.4. The van der Waals surface area contributed by atoms with Gasteiger partial charge in [0.15, 0.2) is 13.2 Å². The van der Waals surface area contributed by atoms with Crippen molar-refractivity contribution in [3.63, 3.8) is 0 Å². The molecule has 3 aromatic carbocycles. The van der Waals surface area contributed by atoms with Gasteiger partial charge in [0.1, 0.15) is 30.8 Å². The van der Waals surface area contributed by atoms with Crippen LogP contribution >= 0.6 is 62.3 Å². The Morgan fingerprint density at radius 2 is 1.62 bits per heavy atom. The van der Waals surface area contributed by atoms with Crippen LogP contribution in [0.4, 0.5) is 0 Å². The van der Waals surface area contributed by atoms with Crippen molar-refractivity contribution < 1.29 is 36.7 Å². The molecule has 0 fully saturated rings. The monoisotopic (exact) mass is 694 g/mol. The first-order chi connectivity index (χ1) is 17.8. The summed E-state index contributed by atoms with van der Waals surface area (Å²) in [7, 11) is 0. The Bertz CT molecular complexity index is 1390. The van der Waals surface area contributed by atoms with Crippen LogP contribution in [-0.4, -0.2) is 22.4 Å². The minimum atomic E-state index is -0.409. The van der Waals surface area contributed by atoms with Crippen molar-refractivity contribution in [1.82, 2.24) is 4.57 Å². The highest BCUT2D eigenvalue weighted by molar-refractivity contribution is 9.10. The molecule has 4 rings (SSSR count). The third-order valence-corrected chi connectivity index (χ3v) is 7.14. The molecular formula is C27H24BrCl5N2O4. The molecule has 12 heteroatoms. The molecule has 39 heavy (non-hydrogen) atoms. The fourth-order valence-corrected chi connectivity index (χ4v) is 4.87. The Morgan fingerprint density at radius 1 is 0.949 bits per heavy atom. The first-order valence-electron chi connectivity index (χ1n) is 11.2. The van der Waals surface area contributed by atoms with Gasteiger partial charge in [-0.05, 0) is 54.1 Å². The van der Waals surface area contributed by atoms with Crippen molar-refractivity contribution in [3.05, 3.63) is 115 Å². The Labute approximate surface area is 261 Å². The third kappa shape index (κ3) is 9.95. The predicted octanol–water partition coefficient (Wildman–Crippen LogP) is 3.94. The molecule has 6 nitrogen and oxygen atoms in total. The number of ketones is 1. The molecule has 0 aliphatic rings. The molecule has 0 amide bonds. The summed E-state index contributed by atoms with van der Waals surface area (Å²) in [5.41, 5.74) is 1.59. The number of hydrogen-bond donors (Lipinski definition) is 0. The number of Topliss-reactive ketones (excluding diaryl/α,β-unsaturated/α-hetero) is 1. The average molecular weight is 698 g/mol. The summed E-state index contributed by atoms with van der Waals surface area (Å²) in [6.45, 7) is 0.862. The molecule has 0 saturated carbocycles. The number of ether oxygens (including phenoxy) is 2. The molecule has 2 N–H and O–H groups in total. The molecule has 4 aromatic rings. The Kier molecular flexibility index (Phi) is 13.6. The zero-order valence-corrected chi connectivity index (χ0v) is 25.7. The van der Waals surface area contributed by atoms with Crippen LogP contribution < -0.4 is 21.7 Å². The Balaban J connectivity index is 0.00000267. The van der Waals surface area contributed by atoms with Crippen molar-refractivity contribution in [2.45, 2.75) is 25.8 Å². The second kappa shape index (κ2) is 15.8. The number of hydrogen-bond acceptors (Lipinski definition) is 3. The van der Waals surface area contributed by atoms with E-state index in [0.717, 1.165) is 15.6 Å². The van der Waals surface area contributed by atoms with Crippen LogP contribution in [0, 0.1) is 0 Å². The van der Waals surface area contributed by atoms with Gasteiger partial charge in [0.25, 0.3) is 0 Å². The fourth-order valence-electron chi connectivity index (χ4n) is 3.61. The molecule has 1 atom stereocenters. The summed E-state index contributed by atoms with van der Waals surface area (Å²) in [6.07, 6.45) is 5.13. The number of carbonyl (C=O) groups excluding carboxylic acids is 1. The van der Waals surface area contributed by atoms with E-state index in [1.807, 2.05) is 47.6 Å². The van der Waals surface area contributed by atoms with E-state index in [2.05, 4.69) is 15.9 Å². The second-order valence-electron chi connectivity index (χ2n) is 8.27. The topological polar surface area (TPSA) is 75.8 Å². The first kappa shape index (κ1) is 33.4. The van der Waals surface area contributed by atoms with Crippen molar-refractivity contribution >= 4 is 68.1 Å². The Hall–Kier alpha value is -1.81. The molecule has 0 spiro atoms. The van der Waals surface area contributed by atoms with E-state index in [1.165, 1.54) is 0 Å². The highest BCUT2D eigenvalue weighted by atomic mass is 79.9. The van der Waals surface area contributed by atoms with Gasteiger partial charge in [-0.15, -0.1) is 0 Å². The van der Waals surface area contributed by atoms with Gasteiger partial charge in [-0.3, -0.25) is 4.79 Å². The van der Waals surface area contributed by atoms with E-state index < -0.39 is 6.10 Å². The van der Waals surface area contributed by atoms with Crippen LogP contribution in [0.2, 0.25) is 20.1 Å². The van der Waals surface area contributed by atoms with Crippen LogP contribution in [0.1, 0.15) is 17.2 Å².